The van der Waals surface area contributed by atoms with Crippen LogP contribution in [-0.2, 0) is 36.7 Å². The van der Waals surface area contributed by atoms with Crippen LogP contribution in [0.25, 0.3) is 0 Å². The smallest absolute Gasteiger partial charge is 0.870 e. The van der Waals surface area contributed by atoms with E-state index in [9.17, 15) is 19.9 Å². The van der Waals surface area contributed by atoms with Gasteiger partial charge in [0.05, 0.1) is 50.8 Å². The van der Waals surface area contributed by atoms with Crippen LogP contribution in [0.1, 0.15) is 118 Å². The maximum Gasteiger partial charge on any atom is 1.00 e. The molecule has 67 heavy (non-hydrogen) atoms. The average molecular weight is 951 g/mol. The molecule has 1 fully saturated rings. The third kappa shape index (κ3) is 22.6. The fraction of sp³-hybridized carbons (Fsp3) is 0.479. The summed E-state index contributed by atoms with van der Waals surface area (Å²) in [5, 5.41) is 29.6. The van der Waals surface area contributed by atoms with Crippen molar-refractivity contribution in [2.24, 2.45) is 0 Å². The molecule has 2 aliphatic heterocycles. The van der Waals surface area contributed by atoms with Crippen LogP contribution < -0.4 is 50.0 Å². The van der Waals surface area contributed by atoms with Crippen molar-refractivity contribution in [1.82, 2.24) is 0 Å². The van der Waals surface area contributed by atoms with Gasteiger partial charge in [-0.05, 0) is 56.5 Å². The van der Waals surface area contributed by atoms with E-state index in [2.05, 4.69) is 0 Å². The van der Waals surface area contributed by atoms with Crippen molar-refractivity contribution in [2.75, 3.05) is 40.0 Å². The normalized spacial score (nSPS) is 14.0. The Labute approximate surface area is 423 Å². The molecule has 0 amide bonds. The van der Waals surface area contributed by atoms with Gasteiger partial charge < -0.3 is 43.4 Å². The van der Waals surface area contributed by atoms with Gasteiger partial charge in [-0.3, -0.25) is 25.0 Å². The van der Waals surface area contributed by atoms with E-state index >= 15 is 0 Å². The van der Waals surface area contributed by atoms with Gasteiger partial charge in [0, 0.05) is 39.2 Å². The van der Waals surface area contributed by atoms with Gasteiger partial charge in [0.2, 0.25) is 6.54 Å². The third-order valence-corrected chi connectivity index (χ3v) is 9.62. The van der Waals surface area contributed by atoms with Crippen LogP contribution in [0.4, 0.5) is 0 Å². The van der Waals surface area contributed by atoms with Gasteiger partial charge in [-0.1, -0.05) is 129 Å². The summed E-state index contributed by atoms with van der Waals surface area (Å²) >= 11 is 0. The SMILES string of the molecule is C.C.C.C.C.C.CC1(C)OB(c2c(C=O)cccc2OCCCOCc2ccccc2)OC1(C)C.C[N+](=O)[O-].O=[N+]([O-])CC1OB(O)c2c(OCCCOCc3ccccc3)cccc21.[Na+].[OH-]. The molecule has 2 aliphatic rings. The fourth-order valence-electron chi connectivity index (χ4n) is 6.02. The molecule has 2 heterocycles. The van der Waals surface area contributed by atoms with Crippen LogP contribution in [0.2, 0.25) is 0 Å². The topological polar surface area (TPSA) is 218 Å². The minimum atomic E-state index is -1.21. The number of carbonyl (C=O) groups excluding carboxylic acids is 1. The van der Waals surface area contributed by atoms with Gasteiger partial charge in [-0.2, -0.15) is 0 Å². The van der Waals surface area contributed by atoms with E-state index in [1.54, 1.807) is 30.3 Å². The second kappa shape index (κ2) is 35.9. The fourth-order valence-corrected chi connectivity index (χ4v) is 6.02. The van der Waals surface area contributed by atoms with Crippen LogP contribution in [-0.4, -0.2) is 92.1 Å². The quantitative estimate of drug-likeness (QED) is 0.0396. The zero-order valence-corrected chi connectivity index (χ0v) is 37.6. The van der Waals surface area contributed by atoms with E-state index in [-0.39, 0.29) is 86.1 Å². The minimum absolute atomic E-state index is 0. The minimum Gasteiger partial charge on any atom is -0.870 e. The number of benzene rings is 4. The zero-order chi connectivity index (χ0) is 42.8. The van der Waals surface area contributed by atoms with Crippen molar-refractivity contribution in [3.8, 4) is 11.5 Å². The van der Waals surface area contributed by atoms with Gasteiger partial charge in [0.1, 0.15) is 23.9 Å². The van der Waals surface area contributed by atoms with Crippen LogP contribution >= 0.6 is 0 Å². The summed E-state index contributed by atoms with van der Waals surface area (Å²) in [5.74, 6) is 1.10. The molecule has 4 aromatic rings. The van der Waals surface area contributed by atoms with Gasteiger partial charge >= 0.3 is 43.8 Å². The van der Waals surface area contributed by atoms with Crippen LogP contribution in [0.5, 0.6) is 11.5 Å². The predicted molar refractivity (Wildman–Crippen MR) is 265 cm³/mol. The molecule has 1 unspecified atom stereocenters. The molecule has 0 bridgehead atoms. The van der Waals surface area contributed by atoms with Gasteiger partial charge in [0.15, 0.2) is 7.05 Å². The molecule has 19 heteroatoms. The number of fused-ring (bicyclic) bond motifs is 1. The Kier molecular flexibility index (Phi) is 38.4. The first-order valence-electron chi connectivity index (χ1n) is 19.3. The molecule has 370 valence electrons. The second-order valence-electron chi connectivity index (χ2n) is 14.6. The van der Waals surface area contributed by atoms with Crippen LogP contribution in [0.15, 0.2) is 97.1 Å². The number of nitro groups is 2. The van der Waals surface area contributed by atoms with E-state index in [0.717, 1.165) is 30.9 Å². The van der Waals surface area contributed by atoms with Crippen molar-refractivity contribution in [3.05, 3.63) is 140 Å². The van der Waals surface area contributed by atoms with E-state index in [0.29, 0.717) is 79.6 Å². The molecular formula is C48H77B2N2NaO14. The maximum atomic E-state index is 11.6. The summed E-state index contributed by atoms with van der Waals surface area (Å²) in [5.41, 5.74) is 3.53. The van der Waals surface area contributed by atoms with E-state index in [1.165, 1.54) is 0 Å². The molecule has 0 aromatic heterocycles. The number of ether oxygens (including phenoxy) is 4. The summed E-state index contributed by atoms with van der Waals surface area (Å²) < 4.78 is 40.6. The van der Waals surface area contributed by atoms with Crippen LogP contribution in [0.3, 0.4) is 0 Å². The number of carbonyl (C=O) groups is 1. The second-order valence-corrected chi connectivity index (χ2v) is 14.6. The third-order valence-electron chi connectivity index (χ3n) is 9.62. The Bertz CT molecular complexity index is 1930. The standard InChI is InChI=1S/C23H29BO5.C18H20BNO6.CH3NO2.6CH4.Na.H2O/c1-22(2)23(3,4)29-24(28-22)21-19(16-25)12-8-13-20(21)27-15-9-14-26-17-18-10-6-5-7-11-18;21-19-18-15(17(26-19)12-20(22)23)8-4-9-16(18)25-11-5-10-24-13-14-6-2-1-3-7-14;1-2(3)4;;;;;;;;/h5-8,10-13,16H,9,14-15,17H2,1-4H3;1-4,6-9,17,21H,5,10-13H2;1H3;6*1H4;;1H2/q;;;;;;;;;+1;/p-1. The number of aldehydes is 1. The van der Waals surface area contributed by atoms with Gasteiger partial charge in [-0.15, -0.1) is 0 Å². The van der Waals surface area contributed by atoms with Gasteiger partial charge in [-0.25, -0.2) is 0 Å². The Morgan fingerprint density at radius 2 is 1.09 bits per heavy atom. The number of nitrogens with zero attached hydrogens (tertiary/aromatic N) is 2. The Hall–Kier alpha value is -4.20. The molecule has 1 saturated heterocycles. The predicted octanol–water partition coefficient (Wildman–Crippen LogP) is 6.03. The molecule has 0 radical (unpaired) electrons. The first-order chi connectivity index (χ1) is 28.2. The summed E-state index contributed by atoms with van der Waals surface area (Å²) in [7, 11) is -0.966. The van der Waals surface area contributed by atoms with E-state index in [1.807, 2.05) is 94.4 Å². The number of hydrogen-bond acceptors (Lipinski definition) is 14. The van der Waals surface area contributed by atoms with Crippen molar-refractivity contribution in [2.45, 2.75) is 116 Å². The molecule has 0 spiro atoms. The molecule has 1 atom stereocenters. The zero-order valence-electron chi connectivity index (χ0n) is 35.6. The van der Waals surface area contributed by atoms with Crippen molar-refractivity contribution in [1.29, 1.82) is 0 Å². The summed E-state index contributed by atoms with van der Waals surface area (Å²) in [6.45, 7) is 10.7. The number of hydrogen-bond donors (Lipinski definition) is 1. The summed E-state index contributed by atoms with van der Waals surface area (Å²) in [6, 6.07) is 30.6. The Morgan fingerprint density at radius 1 is 0.672 bits per heavy atom. The monoisotopic (exact) mass is 951 g/mol. The number of rotatable bonds is 18. The molecular weight excluding hydrogens is 873 g/mol. The molecule has 16 nitrogen and oxygen atoms in total. The summed E-state index contributed by atoms with van der Waals surface area (Å²) in [4.78, 5) is 30.2. The first-order valence-corrected chi connectivity index (χ1v) is 19.3. The Balaban J connectivity index is -0.000000320. The molecule has 4 aromatic carbocycles. The van der Waals surface area contributed by atoms with Crippen molar-refractivity contribution >= 4 is 31.4 Å². The van der Waals surface area contributed by atoms with E-state index < -0.39 is 41.4 Å². The molecule has 0 saturated carbocycles. The van der Waals surface area contributed by atoms with Crippen LogP contribution in [0, 0.1) is 20.2 Å². The van der Waals surface area contributed by atoms with E-state index in [4.69, 9.17) is 43.0 Å². The first kappa shape index (κ1) is 71.8. The largest absolute Gasteiger partial charge is 1.00 e. The van der Waals surface area contributed by atoms with Gasteiger partial charge in [0.25, 0.3) is 0 Å². The average Bonchev–Trinajstić information content (AvgIpc) is 3.63. The molecule has 0 aliphatic carbocycles. The summed E-state index contributed by atoms with van der Waals surface area (Å²) in [6.07, 6.45) is 1.48. The van der Waals surface area contributed by atoms with Crippen molar-refractivity contribution in [3.63, 3.8) is 0 Å². The molecule has 2 N–H and O–H groups in total. The van der Waals surface area contributed by atoms with Crippen molar-refractivity contribution < 1.29 is 87.6 Å². The Morgan fingerprint density at radius 3 is 1.51 bits per heavy atom. The maximum absolute atomic E-state index is 11.6. The molecule has 6 rings (SSSR count).